The molecule has 1 heterocycles. The van der Waals surface area contributed by atoms with Gasteiger partial charge in [-0.05, 0) is 37.3 Å². The quantitative estimate of drug-likeness (QED) is 0.896. The molecule has 1 aromatic heterocycles. The predicted molar refractivity (Wildman–Crippen MR) is 68.8 cm³/mol. The van der Waals surface area contributed by atoms with Crippen molar-refractivity contribution in [2.75, 3.05) is 12.4 Å². The van der Waals surface area contributed by atoms with Crippen LogP contribution in [0.25, 0.3) is 0 Å². The summed E-state index contributed by atoms with van der Waals surface area (Å²) >= 11 is 6.03. The Labute approximate surface area is 105 Å². The fraction of sp³-hybridized carbons (Fsp3) is 0.231. The summed E-state index contributed by atoms with van der Waals surface area (Å²) in [5, 5.41) is 3.82. The summed E-state index contributed by atoms with van der Waals surface area (Å²) in [6, 6.07) is 9.47. The highest BCUT2D eigenvalue weighted by atomic mass is 35.5. The van der Waals surface area contributed by atoms with Crippen LogP contribution in [0.1, 0.15) is 11.5 Å². The zero-order valence-corrected chi connectivity index (χ0v) is 10.5. The number of aryl methyl sites for hydroxylation is 1. The molecule has 0 amide bonds. The second kappa shape index (κ2) is 5.15. The summed E-state index contributed by atoms with van der Waals surface area (Å²) in [6.07, 6.45) is 0. The predicted octanol–water partition coefficient (Wildman–Crippen LogP) is 3.86. The Morgan fingerprint density at radius 3 is 2.71 bits per heavy atom. The summed E-state index contributed by atoms with van der Waals surface area (Å²) in [6.45, 7) is 2.56. The Bertz CT molecular complexity index is 508. The fourth-order valence-electron chi connectivity index (χ4n) is 1.55. The van der Waals surface area contributed by atoms with Crippen LogP contribution in [0, 0.1) is 6.92 Å². The highest BCUT2D eigenvalue weighted by Gasteiger charge is 2.02. The number of benzene rings is 1. The van der Waals surface area contributed by atoms with E-state index in [1.807, 2.05) is 37.3 Å². The number of hydrogen-bond donors (Lipinski definition) is 1. The normalized spacial score (nSPS) is 10.3. The maximum Gasteiger partial charge on any atom is 0.137 e. The minimum absolute atomic E-state index is 0.591. The third-order valence-electron chi connectivity index (χ3n) is 2.41. The molecule has 2 rings (SSSR count). The van der Waals surface area contributed by atoms with Gasteiger partial charge in [0.05, 0.1) is 18.7 Å². The monoisotopic (exact) mass is 251 g/mol. The van der Waals surface area contributed by atoms with Crippen molar-refractivity contribution in [3.05, 3.63) is 46.9 Å². The Morgan fingerprint density at radius 2 is 2.12 bits per heavy atom. The summed E-state index contributed by atoms with van der Waals surface area (Å²) in [5.74, 6) is 2.48. The molecule has 2 aromatic rings. The molecule has 0 bridgehead atoms. The van der Waals surface area contributed by atoms with Gasteiger partial charge in [0.2, 0.25) is 0 Å². The standard InChI is InChI=1S/C13H14ClNO2/c1-9-3-5-11(17-9)8-15-10-4-6-13(16-2)12(14)7-10/h3-7,15H,8H2,1-2H3. The Hall–Kier alpha value is -1.61. The average Bonchev–Trinajstić information content (AvgIpc) is 2.73. The Kier molecular flexibility index (Phi) is 3.59. The highest BCUT2D eigenvalue weighted by molar-refractivity contribution is 6.32. The van der Waals surface area contributed by atoms with Crippen molar-refractivity contribution in [1.82, 2.24) is 0 Å². The van der Waals surface area contributed by atoms with Gasteiger partial charge in [-0.25, -0.2) is 0 Å². The van der Waals surface area contributed by atoms with Gasteiger partial charge in [0.25, 0.3) is 0 Å². The van der Waals surface area contributed by atoms with Crippen molar-refractivity contribution in [3.8, 4) is 5.75 Å². The molecule has 1 aromatic carbocycles. The first kappa shape index (κ1) is 11.9. The van der Waals surface area contributed by atoms with E-state index in [-0.39, 0.29) is 0 Å². The molecule has 0 aliphatic heterocycles. The van der Waals surface area contributed by atoms with Crippen LogP contribution < -0.4 is 10.1 Å². The lowest BCUT2D eigenvalue weighted by molar-refractivity contribution is 0.415. The van der Waals surface area contributed by atoms with E-state index in [0.29, 0.717) is 17.3 Å². The molecule has 0 saturated carbocycles. The third kappa shape index (κ3) is 2.94. The third-order valence-corrected chi connectivity index (χ3v) is 2.71. The molecule has 17 heavy (non-hydrogen) atoms. The van der Waals surface area contributed by atoms with E-state index in [9.17, 15) is 0 Å². The largest absolute Gasteiger partial charge is 0.495 e. The van der Waals surface area contributed by atoms with Gasteiger partial charge in [0, 0.05) is 5.69 Å². The first-order chi connectivity index (χ1) is 8.19. The van der Waals surface area contributed by atoms with Crippen LogP contribution in [-0.2, 0) is 6.54 Å². The summed E-state index contributed by atoms with van der Waals surface area (Å²) in [7, 11) is 1.60. The van der Waals surface area contributed by atoms with Crippen LogP contribution in [0.5, 0.6) is 5.75 Å². The van der Waals surface area contributed by atoms with Gasteiger partial charge >= 0.3 is 0 Å². The maximum absolute atomic E-state index is 6.03. The zero-order chi connectivity index (χ0) is 12.3. The molecule has 0 aliphatic carbocycles. The van der Waals surface area contributed by atoms with Crippen molar-refractivity contribution in [2.24, 2.45) is 0 Å². The van der Waals surface area contributed by atoms with Crippen LogP contribution in [0.3, 0.4) is 0 Å². The lowest BCUT2D eigenvalue weighted by Gasteiger charge is -2.07. The number of hydrogen-bond acceptors (Lipinski definition) is 3. The number of anilines is 1. The molecule has 1 N–H and O–H groups in total. The van der Waals surface area contributed by atoms with Crippen molar-refractivity contribution in [3.63, 3.8) is 0 Å². The maximum atomic E-state index is 6.03. The molecule has 4 heteroatoms. The van der Waals surface area contributed by atoms with Crippen LogP contribution in [-0.4, -0.2) is 7.11 Å². The number of methoxy groups -OCH3 is 1. The molecule has 3 nitrogen and oxygen atoms in total. The van der Waals surface area contributed by atoms with E-state index < -0.39 is 0 Å². The first-order valence-corrected chi connectivity index (χ1v) is 5.69. The minimum atomic E-state index is 0.591. The molecular formula is C13H14ClNO2. The number of nitrogens with one attached hydrogen (secondary N) is 1. The molecule has 0 fully saturated rings. The molecule has 0 spiro atoms. The molecule has 0 unspecified atom stereocenters. The van der Waals surface area contributed by atoms with Crippen molar-refractivity contribution in [1.29, 1.82) is 0 Å². The van der Waals surface area contributed by atoms with Gasteiger partial charge in [-0.1, -0.05) is 11.6 Å². The molecule has 90 valence electrons. The van der Waals surface area contributed by atoms with E-state index >= 15 is 0 Å². The minimum Gasteiger partial charge on any atom is -0.495 e. The first-order valence-electron chi connectivity index (χ1n) is 5.32. The second-order valence-electron chi connectivity index (χ2n) is 3.72. The van der Waals surface area contributed by atoms with Gasteiger partial charge in [-0.15, -0.1) is 0 Å². The zero-order valence-electron chi connectivity index (χ0n) is 9.79. The van der Waals surface area contributed by atoms with E-state index in [2.05, 4.69) is 5.32 Å². The average molecular weight is 252 g/mol. The molecule has 0 atom stereocenters. The number of furan rings is 1. The lowest BCUT2D eigenvalue weighted by atomic mass is 10.3. The molecule has 0 radical (unpaired) electrons. The van der Waals surface area contributed by atoms with E-state index in [4.69, 9.17) is 20.8 Å². The molecule has 0 aliphatic rings. The highest BCUT2D eigenvalue weighted by Crippen LogP contribution is 2.27. The Morgan fingerprint density at radius 1 is 1.29 bits per heavy atom. The van der Waals surface area contributed by atoms with Crippen molar-refractivity contribution in [2.45, 2.75) is 13.5 Å². The van der Waals surface area contributed by atoms with E-state index in [1.165, 1.54) is 0 Å². The van der Waals surface area contributed by atoms with Gasteiger partial charge in [-0.3, -0.25) is 0 Å². The van der Waals surface area contributed by atoms with Gasteiger partial charge in [-0.2, -0.15) is 0 Å². The summed E-state index contributed by atoms with van der Waals surface area (Å²) in [5.41, 5.74) is 0.935. The molecular weight excluding hydrogens is 238 g/mol. The molecule has 0 saturated heterocycles. The number of rotatable bonds is 4. The van der Waals surface area contributed by atoms with Crippen molar-refractivity contribution < 1.29 is 9.15 Å². The number of ether oxygens (including phenoxy) is 1. The lowest BCUT2D eigenvalue weighted by Crippen LogP contribution is -1.98. The smallest absolute Gasteiger partial charge is 0.137 e. The van der Waals surface area contributed by atoms with Crippen LogP contribution in [0.4, 0.5) is 5.69 Å². The summed E-state index contributed by atoms with van der Waals surface area (Å²) in [4.78, 5) is 0. The SMILES string of the molecule is COc1ccc(NCc2ccc(C)o2)cc1Cl. The topological polar surface area (TPSA) is 34.4 Å². The van der Waals surface area contributed by atoms with E-state index in [0.717, 1.165) is 17.2 Å². The van der Waals surface area contributed by atoms with E-state index in [1.54, 1.807) is 7.11 Å². The van der Waals surface area contributed by atoms with Crippen LogP contribution in [0.15, 0.2) is 34.7 Å². The van der Waals surface area contributed by atoms with Crippen molar-refractivity contribution >= 4 is 17.3 Å². The van der Waals surface area contributed by atoms with Crippen LogP contribution in [0.2, 0.25) is 5.02 Å². The second-order valence-corrected chi connectivity index (χ2v) is 4.12. The number of halogens is 1. The van der Waals surface area contributed by atoms with Gasteiger partial charge < -0.3 is 14.5 Å². The summed E-state index contributed by atoms with van der Waals surface area (Å²) < 4.78 is 10.5. The van der Waals surface area contributed by atoms with Gasteiger partial charge in [0.15, 0.2) is 0 Å². The Balaban J connectivity index is 2.02. The van der Waals surface area contributed by atoms with Crippen LogP contribution >= 0.6 is 11.6 Å². The van der Waals surface area contributed by atoms with Gasteiger partial charge in [0.1, 0.15) is 17.3 Å². The fourth-order valence-corrected chi connectivity index (χ4v) is 1.80.